The van der Waals surface area contributed by atoms with Gasteiger partial charge >= 0.3 is 0 Å². The van der Waals surface area contributed by atoms with Crippen molar-refractivity contribution in [2.24, 2.45) is 0 Å². The van der Waals surface area contributed by atoms with E-state index in [1.165, 1.54) is 5.56 Å². The molecule has 0 spiro atoms. The van der Waals surface area contributed by atoms with Crippen molar-refractivity contribution in [2.75, 3.05) is 20.8 Å². The zero-order valence-electron chi connectivity index (χ0n) is 15.1. The van der Waals surface area contributed by atoms with Crippen molar-refractivity contribution in [3.63, 3.8) is 0 Å². The Morgan fingerprint density at radius 2 is 1.85 bits per heavy atom. The molecule has 0 bridgehead atoms. The lowest BCUT2D eigenvalue weighted by Crippen LogP contribution is -2.22. The minimum atomic E-state index is 0.581. The Balaban J connectivity index is 1.85. The summed E-state index contributed by atoms with van der Waals surface area (Å²) in [5.41, 5.74) is 2.25. The molecule has 3 rings (SSSR count). The average Bonchev–Trinajstić information content (AvgIpc) is 2.97. The quantitative estimate of drug-likeness (QED) is 0.571. The maximum absolute atomic E-state index is 5.67. The third-order valence-corrected chi connectivity index (χ3v) is 4.48. The largest absolute Gasteiger partial charge is 0.383 e. The molecule has 0 N–H and O–H groups in total. The van der Waals surface area contributed by atoms with Crippen molar-refractivity contribution in [1.82, 2.24) is 24.2 Å². The molecule has 0 saturated carbocycles. The Labute approximate surface area is 158 Å². The molecule has 3 aromatic rings. The van der Waals surface area contributed by atoms with E-state index in [4.69, 9.17) is 22.1 Å². The fourth-order valence-electron chi connectivity index (χ4n) is 2.81. The van der Waals surface area contributed by atoms with Crippen LogP contribution in [-0.2, 0) is 24.5 Å². The Hall–Kier alpha value is -2.35. The van der Waals surface area contributed by atoms with Crippen LogP contribution in [-0.4, -0.2) is 45.0 Å². The summed E-state index contributed by atoms with van der Waals surface area (Å²) in [5, 5.41) is 4.76. The van der Waals surface area contributed by atoms with Crippen LogP contribution in [0.5, 0.6) is 0 Å². The molecular formula is C19H23N5OS. The van der Waals surface area contributed by atoms with E-state index < -0.39 is 0 Å². The highest BCUT2D eigenvalue weighted by molar-refractivity contribution is 7.71. The van der Waals surface area contributed by atoms with E-state index >= 15 is 0 Å². The molecule has 0 unspecified atom stereocenters. The first kappa shape index (κ1) is 18.4. The Kier molecular flexibility index (Phi) is 6.27. The van der Waals surface area contributed by atoms with Gasteiger partial charge in [-0.1, -0.05) is 30.3 Å². The van der Waals surface area contributed by atoms with Crippen molar-refractivity contribution in [1.29, 1.82) is 0 Å². The second-order valence-electron chi connectivity index (χ2n) is 6.13. The minimum absolute atomic E-state index is 0.581. The first-order chi connectivity index (χ1) is 12.7. The van der Waals surface area contributed by atoms with Gasteiger partial charge in [0, 0.05) is 31.6 Å². The molecule has 0 amide bonds. The van der Waals surface area contributed by atoms with Crippen molar-refractivity contribution in [3.05, 3.63) is 65.2 Å². The van der Waals surface area contributed by atoms with E-state index in [0.717, 1.165) is 17.9 Å². The molecule has 1 aromatic carbocycles. The molecule has 26 heavy (non-hydrogen) atoms. The molecule has 0 radical (unpaired) electrons. The van der Waals surface area contributed by atoms with E-state index in [9.17, 15) is 0 Å². The van der Waals surface area contributed by atoms with Gasteiger partial charge in [-0.25, -0.2) is 4.68 Å². The zero-order valence-corrected chi connectivity index (χ0v) is 15.9. The Morgan fingerprint density at radius 3 is 2.54 bits per heavy atom. The van der Waals surface area contributed by atoms with Gasteiger partial charge in [0.1, 0.15) is 0 Å². The van der Waals surface area contributed by atoms with E-state index in [2.05, 4.69) is 41.2 Å². The van der Waals surface area contributed by atoms with E-state index in [-0.39, 0.29) is 0 Å². The number of aromatic nitrogens is 4. The van der Waals surface area contributed by atoms with Gasteiger partial charge in [-0.15, -0.1) is 0 Å². The van der Waals surface area contributed by atoms with Gasteiger partial charge in [0.2, 0.25) is 0 Å². The summed E-state index contributed by atoms with van der Waals surface area (Å²) < 4.78 is 9.81. The lowest BCUT2D eigenvalue weighted by Gasteiger charge is -2.16. The van der Waals surface area contributed by atoms with Gasteiger partial charge in [-0.3, -0.25) is 14.5 Å². The van der Waals surface area contributed by atoms with Gasteiger partial charge < -0.3 is 4.74 Å². The number of pyridine rings is 1. The number of ether oxygens (including phenoxy) is 1. The lowest BCUT2D eigenvalue weighted by molar-refractivity contribution is 0.186. The number of nitrogens with zero attached hydrogens (tertiary/aromatic N) is 5. The number of rotatable bonds is 8. The van der Waals surface area contributed by atoms with Gasteiger partial charge in [0.05, 0.1) is 19.8 Å². The van der Waals surface area contributed by atoms with Gasteiger partial charge in [-0.05, 0) is 37.0 Å². The molecule has 136 valence electrons. The average molecular weight is 369 g/mol. The molecule has 0 saturated heterocycles. The normalized spacial score (nSPS) is 11.2. The van der Waals surface area contributed by atoms with E-state index in [1.54, 1.807) is 19.5 Å². The van der Waals surface area contributed by atoms with Crippen LogP contribution in [0.1, 0.15) is 5.56 Å². The second-order valence-corrected chi connectivity index (χ2v) is 6.49. The smallest absolute Gasteiger partial charge is 0.199 e. The van der Waals surface area contributed by atoms with Gasteiger partial charge in [-0.2, -0.15) is 5.10 Å². The Morgan fingerprint density at radius 1 is 1.12 bits per heavy atom. The van der Waals surface area contributed by atoms with Crippen LogP contribution in [0.4, 0.5) is 0 Å². The molecule has 0 aliphatic heterocycles. The molecule has 0 fully saturated rings. The standard InChI is InChI=1S/C19H23N5OS/c1-22(14-16-6-4-3-5-7-16)15-24-19(26)23(12-13-25-2)18(21-24)17-8-10-20-11-9-17/h3-11H,12-15H2,1-2H3. The Bertz CT molecular complexity index is 876. The first-order valence-corrected chi connectivity index (χ1v) is 8.89. The number of methoxy groups -OCH3 is 1. The monoisotopic (exact) mass is 369 g/mol. The van der Waals surface area contributed by atoms with Crippen LogP contribution >= 0.6 is 12.2 Å². The van der Waals surface area contributed by atoms with Crippen LogP contribution in [0.2, 0.25) is 0 Å². The topological polar surface area (TPSA) is 48.1 Å². The van der Waals surface area contributed by atoms with E-state index in [0.29, 0.717) is 24.6 Å². The highest BCUT2D eigenvalue weighted by Crippen LogP contribution is 2.18. The summed E-state index contributed by atoms with van der Waals surface area (Å²) in [5.74, 6) is 0.836. The predicted molar refractivity (Wildman–Crippen MR) is 104 cm³/mol. The van der Waals surface area contributed by atoms with Crippen LogP contribution in [0.25, 0.3) is 11.4 Å². The van der Waals surface area contributed by atoms with Gasteiger partial charge in [0.15, 0.2) is 10.6 Å². The SMILES string of the molecule is COCCn1c(-c2ccncc2)nn(CN(C)Cc2ccccc2)c1=S. The zero-order chi connectivity index (χ0) is 18.4. The van der Waals surface area contributed by atoms with Crippen molar-refractivity contribution in [2.45, 2.75) is 19.8 Å². The highest BCUT2D eigenvalue weighted by atomic mass is 32.1. The number of hydrogen-bond donors (Lipinski definition) is 0. The summed E-state index contributed by atoms with van der Waals surface area (Å²) in [4.78, 5) is 6.27. The third kappa shape index (κ3) is 4.43. The first-order valence-electron chi connectivity index (χ1n) is 8.48. The fourth-order valence-corrected chi connectivity index (χ4v) is 3.08. The predicted octanol–water partition coefficient (Wildman–Crippen LogP) is 3.21. The second kappa shape index (κ2) is 8.84. The fraction of sp³-hybridized carbons (Fsp3) is 0.316. The minimum Gasteiger partial charge on any atom is -0.383 e. The lowest BCUT2D eigenvalue weighted by atomic mass is 10.2. The summed E-state index contributed by atoms with van der Waals surface area (Å²) in [6, 6.07) is 14.3. The van der Waals surface area contributed by atoms with Crippen molar-refractivity contribution >= 4 is 12.2 Å². The summed E-state index contributed by atoms with van der Waals surface area (Å²) in [6.45, 7) is 2.69. The molecule has 2 aromatic heterocycles. The van der Waals surface area contributed by atoms with Crippen molar-refractivity contribution in [3.8, 4) is 11.4 Å². The van der Waals surface area contributed by atoms with Crippen LogP contribution in [0.15, 0.2) is 54.9 Å². The molecule has 6 nitrogen and oxygen atoms in total. The van der Waals surface area contributed by atoms with Crippen LogP contribution < -0.4 is 0 Å². The van der Waals surface area contributed by atoms with Crippen LogP contribution in [0.3, 0.4) is 0 Å². The van der Waals surface area contributed by atoms with Gasteiger partial charge in [0.25, 0.3) is 0 Å². The number of hydrogen-bond acceptors (Lipinski definition) is 5. The van der Waals surface area contributed by atoms with Crippen LogP contribution in [0, 0.1) is 4.77 Å². The molecule has 0 atom stereocenters. The maximum Gasteiger partial charge on any atom is 0.199 e. The molecule has 7 heteroatoms. The molecule has 2 heterocycles. The third-order valence-electron chi connectivity index (χ3n) is 4.05. The van der Waals surface area contributed by atoms with Crippen molar-refractivity contribution < 1.29 is 4.74 Å². The summed E-state index contributed by atoms with van der Waals surface area (Å²) >= 11 is 5.67. The summed E-state index contributed by atoms with van der Waals surface area (Å²) in [6.07, 6.45) is 3.53. The van der Waals surface area contributed by atoms with E-state index in [1.807, 2.05) is 27.4 Å². The summed E-state index contributed by atoms with van der Waals surface area (Å²) in [7, 11) is 3.75. The molecular weight excluding hydrogens is 346 g/mol. The maximum atomic E-state index is 5.67. The molecule has 0 aliphatic rings. The number of benzene rings is 1. The molecule has 0 aliphatic carbocycles. The highest BCUT2D eigenvalue weighted by Gasteiger charge is 2.14.